The smallest absolute Gasteiger partial charge is 0.222 e. The van der Waals surface area contributed by atoms with E-state index in [1.54, 1.807) is 14.2 Å². The van der Waals surface area contributed by atoms with E-state index in [1.165, 1.54) is 0 Å². The normalized spacial score (nSPS) is 14.2. The van der Waals surface area contributed by atoms with Crippen LogP contribution in [0.15, 0.2) is 18.2 Å². The van der Waals surface area contributed by atoms with Crippen LogP contribution in [0.2, 0.25) is 0 Å². The third-order valence-electron chi connectivity index (χ3n) is 5.91. The van der Waals surface area contributed by atoms with Gasteiger partial charge in [-0.25, -0.2) is 0 Å². The molecule has 0 aliphatic heterocycles. The number of carbonyl (C=O) groups excluding carboxylic acids is 1. The second-order valence-corrected chi connectivity index (χ2v) is 9.22. The first kappa shape index (κ1) is 30.2. The van der Waals surface area contributed by atoms with E-state index in [4.69, 9.17) is 19.9 Å². The molecule has 34 heavy (non-hydrogen) atoms. The van der Waals surface area contributed by atoms with Crippen LogP contribution < -0.4 is 20.5 Å². The van der Waals surface area contributed by atoms with Crippen molar-refractivity contribution in [3.63, 3.8) is 0 Å². The fraction of sp³-hybridized carbons (Fsp3) is 0.731. The summed E-state index contributed by atoms with van der Waals surface area (Å²) >= 11 is 0. The lowest BCUT2D eigenvalue weighted by atomic mass is 9.97. The molecule has 0 aliphatic rings. The Kier molecular flexibility index (Phi) is 14.8. The molecule has 0 fully saturated rings. The van der Waals surface area contributed by atoms with Gasteiger partial charge in [0.05, 0.1) is 19.8 Å². The van der Waals surface area contributed by atoms with E-state index in [-0.39, 0.29) is 17.9 Å². The summed E-state index contributed by atoms with van der Waals surface area (Å²) in [5, 5.41) is 13.6. The van der Waals surface area contributed by atoms with Gasteiger partial charge in [-0.1, -0.05) is 26.3 Å². The van der Waals surface area contributed by atoms with Crippen LogP contribution >= 0.6 is 0 Å². The fourth-order valence-corrected chi connectivity index (χ4v) is 3.61. The molecule has 0 heterocycles. The summed E-state index contributed by atoms with van der Waals surface area (Å²) in [5.41, 5.74) is 7.44. The summed E-state index contributed by atoms with van der Waals surface area (Å²) < 4.78 is 16.4. The Labute approximate surface area is 206 Å². The highest BCUT2D eigenvalue weighted by molar-refractivity contribution is 5.78. The quantitative estimate of drug-likeness (QED) is 0.277. The van der Waals surface area contributed by atoms with Crippen LogP contribution in [0.4, 0.5) is 0 Å². The van der Waals surface area contributed by atoms with Gasteiger partial charge in [-0.15, -0.1) is 0 Å². The Hall–Kier alpha value is -1.87. The highest BCUT2D eigenvalue weighted by atomic mass is 16.5. The number of nitrogens with zero attached hydrogens (tertiary/aromatic N) is 1. The van der Waals surface area contributed by atoms with Crippen LogP contribution in [0.1, 0.15) is 58.9 Å². The van der Waals surface area contributed by atoms with Crippen molar-refractivity contribution in [1.29, 1.82) is 0 Å². The average Bonchev–Trinajstić information content (AvgIpc) is 2.81. The third-order valence-corrected chi connectivity index (χ3v) is 5.91. The van der Waals surface area contributed by atoms with Gasteiger partial charge in [-0.05, 0) is 44.4 Å². The average molecular weight is 482 g/mol. The Bertz CT molecular complexity index is 701. The van der Waals surface area contributed by atoms with Crippen molar-refractivity contribution in [2.24, 2.45) is 11.7 Å². The van der Waals surface area contributed by atoms with Crippen molar-refractivity contribution in [2.45, 2.75) is 78.1 Å². The van der Waals surface area contributed by atoms with Crippen LogP contribution in [0.25, 0.3) is 0 Å². The zero-order valence-electron chi connectivity index (χ0n) is 22.0. The number of hydrogen-bond acceptors (Lipinski definition) is 7. The van der Waals surface area contributed by atoms with Crippen LogP contribution in [-0.2, 0) is 16.1 Å². The van der Waals surface area contributed by atoms with Crippen LogP contribution in [0.3, 0.4) is 0 Å². The molecular formula is C26H47N3O5. The molecule has 0 bridgehead atoms. The first-order valence-electron chi connectivity index (χ1n) is 12.5. The van der Waals surface area contributed by atoms with Crippen LogP contribution in [-0.4, -0.2) is 74.6 Å². The second-order valence-electron chi connectivity index (χ2n) is 9.22. The molecule has 0 aromatic heterocycles. The van der Waals surface area contributed by atoms with Gasteiger partial charge >= 0.3 is 0 Å². The van der Waals surface area contributed by atoms with E-state index in [9.17, 15) is 9.90 Å². The van der Waals surface area contributed by atoms with Crippen molar-refractivity contribution in [2.75, 3.05) is 40.5 Å². The number of carbonyl (C=O) groups is 1. The van der Waals surface area contributed by atoms with Gasteiger partial charge in [0.25, 0.3) is 0 Å². The van der Waals surface area contributed by atoms with E-state index < -0.39 is 12.1 Å². The van der Waals surface area contributed by atoms with Gasteiger partial charge < -0.3 is 30.4 Å². The van der Waals surface area contributed by atoms with E-state index in [0.717, 1.165) is 24.8 Å². The number of aliphatic hydroxyl groups excluding tert-OH is 1. The summed E-state index contributed by atoms with van der Waals surface area (Å²) in [6, 6.07) is 5.68. The number of aliphatic hydroxyl groups is 1. The number of rotatable bonds is 18. The van der Waals surface area contributed by atoms with Gasteiger partial charge in [-0.3, -0.25) is 9.69 Å². The maximum atomic E-state index is 12.2. The Morgan fingerprint density at radius 1 is 1.15 bits per heavy atom. The predicted molar refractivity (Wildman–Crippen MR) is 136 cm³/mol. The second kappa shape index (κ2) is 16.7. The van der Waals surface area contributed by atoms with Gasteiger partial charge in [0.15, 0.2) is 11.5 Å². The highest BCUT2D eigenvalue weighted by Gasteiger charge is 2.24. The van der Waals surface area contributed by atoms with Crippen molar-refractivity contribution >= 4 is 5.91 Å². The highest BCUT2D eigenvalue weighted by Crippen LogP contribution is 2.29. The molecule has 8 nitrogen and oxygen atoms in total. The minimum atomic E-state index is -0.760. The van der Waals surface area contributed by atoms with E-state index in [0.29, 0.717) is 50.8 Å². The maximum absolute atomic E-state index is 12.2. The molecule has 0 spiro atoms. The first-order chi connectivity index (χ1) is 16.2. The largest absolute Gasteiger partial charge is 0.493 e. The molecule has 0 aliphatic carbocycles. The number of methoxy groups -OCH3 is 2. The monoisotopic (exact) mass is 481 g/mol. The lowest BCUT2D eigenvalue weighted by Gasteiger charge is -2.32. The molecule has 0 saturated heterocycles. The van der Waals surface area contributed by atoms with Gasteiger partial charge in [0, 0.05) is 57.8 Å². The van der Waals surface area contributed by atoms with Gasteiger partial charge in [0.2, 0.25) is 5.91 Å². The molecular weight excluding hydrogens is 434 g/mol. The first-order valence-corrected chi connectivity index (χ1v) is 12.5. The van der Waals surface area contributed by atoms with Crippen molar-refractivity contribution in [3.05, 3.63) is 23.8 Å². The van der Waals surface area contributed by atoms with E-state index >= 15 is 0 Å². The van der Waals surface area contributed by atoms with Crippen molar-refractivity contribution in [3.8, 4) is 11.5 Å². The molecule has 1 amide bonds. The predicted octanol–water partition coefficient (Wildman–Crippen LogP) is 2.95. The number of benzene rings is 1. The minimum Gasteiger partial charge on any atom is -0.493 e. The van der Waals surface area contributed by atoms with Crippen LogP contribution in [0.5, 0.6) is 11.5 Å². The lowest BCUT2D eigenvalue weighted by molar-refractivity contribution is -0.125. The molecule has 196 valence electrons. The number of unbranched alkanes of at least 4 members (excludes halogenated alkanes) is 1. The minimum absolute atomic E-state index is 0.0309. The van der Waals surface area contributed by atoms with E-state index in [1.807, 2.05) is 25.1 Å². The standard InChI is InChI=1S/C26H47N3O5/c1-7-8-12-28-26(31)20(4)15-23(30)22(27)18-29(19(2)3)17-21-10-11-24(33-6)25(16-21)34-14-9-13-32-5/h10-11,16,19-20,22-23,30H,7-9,12-15,17-18,27H2,1-6H3,(H,28,31)/t20-,22+,23+/m1/s1. The van der Waals surface area contributed by atoms with E-state index in [2.05, 4.69) is 31.0 Å². The molecule has 1 aromatic rings. The van der Waals surface area contributed by atoms with Gasteiger partial charge in [-0.2, -0.15) is 0 Å². The van der Waals surface area contributed by atoms with Crippen molar-refractivity contribution < 1.29 is 24.1 Å². The molecule has 0 radical (unpaired) electrons. The third kappa shape index (κ3) is 11.0. The molecule has 0 saturated carbocycles. The zero-order valence-corrected chi connectivity index (χ0v) is 22.0. The SMILES string of the molecule is CCCCNC(=O)[C@H](C)C[C@H](O)[C@@H](N)CN(Cc1ccc(OC)c(OCCCOC)c1)C(C)C. The summed E-state index contributed by atoms with van der Waals surface area (Å²) in [7, 11) is 3.30. The number of hydrogen-bond donors (Lipinski definition) is 3. The molecule has 0 unspecified atom stereocenters. The number of nitrogens with one attached hydrogen (secondary N) is 1. The molecule has 1 aromatic carbocycles. The Morgan fingerprint density at radius 2 is 1.88 bits per heavy atom. The maximum Gasteiger partial charge on any atom is 0.222 e. The Morgan fingerprint density at radius 3 is 2.50 bits per heavy atom. The fourth-order valence-electron chi connectivity index (χ4n) is 3.61. The van der Waals surface area contributed by atoms with Crippen molar-refractivity contribution in [1.82, 2.24) is 10.2 Å². The molecule has 8 heteroatoms. The molecule has 1 rings (SSSR count). The van der Waals surface area contributed by atoms with Crippen LogP contribution in [0, 0.1) is 5.92 Å². The number of ether oxygens (including phenoxy) is 3. The summed E-state index contributed by atoms with van der Waals surface area (Å²) in [4.78, 5) is 14.5. The summed E-state index contributed by atoms with van der Waals surface area (Å²) in [6.45, 7) is 11.2. The zero-order chi connectivity index (χ0) is 25.5. The summed E-state index contributed by atoms with van der Waals surface area (Å²) in [6.07, 6.45) is 2.36. The molecule has 4 N–H and O–H groups in total. The molecule has 3 atom stereocenters. The van der Waals surface area contributed by atoms with Gasteiger partial charge in [0.1, 0.15) is 0 Å². The summed E-state index contributed by atoms with van der Waals surface area (Å²) in [5.74, 6) is 1.07. The lowest BCUT2D eigenvalue weighted by Crippen LogP contribution is -2.48. The number of amides is 1. The topological polar surface area (TPSA) is 106 Å². The Balaban J connectivity index is 2.73. The number of nitrogens with two attached hydrogens (primary N) is 1.